The maximum Gasteiger partial charge on any atom is 0.224 e. The maximum atomic E-state index is 13.9. The number of aryl methyl sites for hydroxylation is 1. The molecule has 0 unspecified atom stereocenters. The maximum absolute atomic E-state index is 13.9. The molecule has 0 aliphatic carbocycles. The van der Waals surface area contributed by atoms with E-state index >= 15 is 0 Å². The molecule has 3 rings (SSSR count). The van der Waals surface area contributed by atoms with Crippen LogP contribution in [0.1, 0.15) is 12.0 Å². The highest BCUT2D eigenvalue weighted by molar-refractivity contribution is 6.30. The van der Waals surface area contributed by atoms with Crippen molar-refractivity contribution >= 4 is 28.9 Å². The molecule has 0 atom stereocenters. The molecule has 3 N–H and O–H groups in total. The number of anilines is 2. The Hall–Kier alpha value is -2.27. The number of nitrogens with one attached hydrogen (secondary N) is 1. The molecule has 2 aromatic carbocycles. The first-order valence-electron chi connectivity index (χ1n) is 6.38. The molecule has 0 bridgehead atoms. The SMILES string of the molecule is Nc1cc2c(cc1Oc1cccc(Cl)c1F)CCC(=O)N2. The van der Waals surface area contributed by atoms with Crippen LogP contribution in [0, 0.1) is 5.82 Å². The monoisotopic (exact) mass is 306 g/mol. The number of amides is 1. The topological polar surface area (TPSA) is 64.3 Å². The Bertz CT molecular complexity index is 734. The fourth-order valence-corrected chi connectivity index (χ4v) is 2.36. The van der Waals surface area contributed by atoms with Gasteiger partial charge in [-0.05, 0) is 36.2 Å². The molecule has 0 saturated heterocycles. The van der Waals surface area contributed by atoms with Crippen LogP contribution in [0.3, 0.4) is 0 Å². The summed E-state index contributed by atoms with van der Waals surface area (Å²) in [5.41, 5.74) is 7.78. The third-order valence-electron chi connectivity index (χ3n) is 3.27. The lowest BCUT2D eigenvalue weighted by atomic mass is 10.0. The fraction of sp³-hybridized carbons (Fsp3) is 0.133. The molecule has 2 aromatic rings. The molecule has 0 spiro atoms. The van der Waals surface area contributed by atoms with Crippen molar-refractivity contribution < 1.29 is 13.9 Å². The highest BCUT2D eigenvalue weighted by Crippen LogP contribution is 2.36. The van der Waals surface area contributed by atoms with E-state index in [0.717, 1.165) is 5.56 Å². The van der Waals surface area contributed by atoms with E-state index in [-0.39, 0.29) is 16.7 Å². The molecule has 1 aliphatic heterocycles. The summed E-state index contributed by atoms with van der Waals surface area (Å²) >= 11 is 5.72. The standard InChI is InChI=1S/C15H12ClFN2O2/c16-9-2-1-3-12(15(9)17)21-13-6-8-4-5-14(20)19-11(8)7-10(13)18/h1-3,6-7H,4-5,18H2,(H,19,20). The zero-order chi connectivity index (χ0) is 15.0. The van der Waals surface area contributed by atoms with Gasteiger partial charge >= 0.3 is 0 Å². The highest BCUT2D eigenvalue weighted by atomic mass is 35.5. The lowest BCUT2D eigenvalue weighted by Crippen LogP contribution is -2.19. The minimum atomic E-state index is -0.635. The summed E-state index contributed by atoms with van der Waals surface area (Å²) in [6.07, 6.45) is 0.998. The van der Waals surface area contributed by atoms with E-state index in [1.807, 2.05) is 0 Å². The third-order valence-corrected chi connectivity index (χ3v) is 3.56. The molecule has 1 heterocycles. The second-order valence-electron chi connectivity index (χ2n) is 4.75. The summed E-state index contributed by atoms with van der Waals surface area (Å²) in [4.78, 5) is 11.3. The highest BCUT2D eigenvalue weighted by Gasteiger charge is 2.18. The number of benzene rings is 2. The van der Waals surface area contributed by atoms with Crippen LogP contribution in [0.15, 0.2) is 30.3 Å². The Labute approximate surface area is 125 Å². The Kier molecular flexibility index (Phi) is 3.43. The molecule has 0 fully saturated rings. The molecule has 6 heteroatoms. The van der Waals surface area contributed by atoms with Gasteiger partial charge in [-0.1, -0.05) is 17.7 Å². The Morgan fingerprint density at radius 2 is 2.05 bits per heavy atom. The molecule has 0 saturated carbocycles. The summed E-state index contributed by atoms with van der Waals surface area (Å²) in [5.74, 6) is -0.332. The third kappa shape index (κ3) is 2.64. The van der Waals surface area contributed by atoms with Gasteiger partial charge < -0.3 is 15.8 Å². The first kappa shape index (κ1) is 13.7. The Morgan fingerprint density at radius 1 is 1.24 bits per heavy atom. The molecular formula is C15H12ClFN2O2. The number of halogens is 2. The summed E-state index contributed by atoms with van der Waals surface area (Å²) in [5, 5.41) is 2.73. The summed E-state index contributed by atoms with van der Waals surface area (Å²) in [7, 11) is 0. The zero-order valence-corrected chi connectivity index (χ0v) is 11.7. The van der Waals surface area contributed by atoms with Gasteiger partial charge in [0.25, 0.3) is 0 Å². The lowest BCUT2D eigenvalue weighted by Gasteiger charge is -2.19. The van der Waals surface area contributed by atoms with Crippen molar-refractivity contribution in [3.63, 3.8) is 0 Å². The van der Waals surface area contributed by atoms with Crippen LogP contribution in [0.2, 0.25) is 5.02 Å². The predicted molar refractivity (Wildman–Crippen MR) is 79.3 cm³/mol. The van der Waals surface area contributed by atoms with E-state index < -0.39 is 5.82 Å². The number of nitrogens with two attached hydrogens (primary N) is 1. The van der Waals surface area contributed by atoms with Gasteiger partial charge in [0.05, 0.1) is 10.7 Å². The second-order valence-corrected chi connectivity index (χ2v) is 5.16. The van der Waals surface area contributed by atoms with E-state index in [1.165, 1.54) is 12.1 Å². The smallest absolute Gasteiger partial charge is 0.224 e. The predicted octanol–water partition coefficient (Wildman–Crippen LogP) is 3.74. The van der Waals surface area contributed by atoms with Crippen molar-refractivity contribution in [1.29, 1.82) is 0 Å². The van der Waals surface area contributed by atoms with Crippen molar-refractivity contribution in [2.75, 3.05) is 11.1 Å². The molecule has 1 amide bonds. The van der Waals surface area contributed by atoms with E-state index in [1.54, 1.807) is 18.2 Å². The van der Waals surface area contributed by atoms with E-state index in [4.69, 9.17) is 22.1 Å². The molecule has 108 valence electrons. The van der Waals surface area contributed by atoms with Crippen molar-refractivity contribution in [2.24, 2.45) is 0 Å². The Balaban J connectivity index is 1.96. The number of nitrogen functional groups attached to an aromatic ring is 1. The minimum absolute atomic E-state index is 0.00833. The van der Waals surface area contributed by atoms with Crippen LogP contribution >= 0.6 is 11.6 Å². The van der Waals surface area contributed by atoms with Crippen molar-refractivity contribution in [3.05, 3.63) is 46.7 Å². The number of ether oxygens (including phenoxy) is 1. The zero-order valence-electron chi connectivity index (χ0n) is 11.0. The normalized spacial score (nSPS) is 13.5. The molecule has 1 aliphatic rings. The van der Waals surface area contributed by atoms with Gasteiger partial charge in [0, 0.05) is 12.1 Å². The number of rotatable bonds is 2. The summed E-state index contributed by atoms with van der Waals surface area (Å²) in [6, 6.07) is 7.83. The van der Waals surface area contributed by atoms with Gasteiger partial charge in [0.1, 0.15) is 0 Å². The van der Waals surface area contributed by atoms with Crippen molar-refractivity contribution in [1.82, 2.24) is 0 Å². The van der Waals surface area contributed by atoms with Crippen LogP contribution in [0.25, 0.3) is 0 Å². The average Bonchev–Trinajstić information content (AvgIpc) is 2.45. The van der Waals surface area contributed by atoms with Gasteiger partial charge in [0.2, 0.25) is 5.91 Å². The van der Waals surface area contributed by atoms with Crippen molar-refractivity contribution in [2.45, 2.75) is 12.8 Å². The van der Waals surface area contributed by atoms with E-state index in [2.05, 4.69) is 5.32 Å². The fourth-order valence-electron chi connectivity index (χ4n) is 2.19. The number of hydrogen-bond donors (Lipinski definition) is 2. The largest absolute Gasteiger partial charge is 0.452 e. The average molecular weight is 307 g/mol. The first-order valence-corrected chi connectivity index (χ1v) is 6.76. The molecule has 4 nitrogen and oxygen atoms in total. The van der Waals surface area contributed by atoms with Crippen molar-refractivity contribution in [3.8, 4) is 11.5 Å². The molecular weight excluding hydrogens is 295 g/mol. The van der Waals surface area contributed by atoms with Gasteiger partial charge in [-0.2, -0.15) is 0 Å². The molecule has 0 radical (unpaired) electrons. The van der Waals surface area contributed by atoms with Crippen LogP contribution in [-0.2, 0) is 11.2 Å². The van der Waals surface area contributed by atoms with Gasteiger partial charge in [-0.25, -0.2) is 4.39 Å². The van der Waals surface area contributed by atoms with Crippen LogP contribution < -0.4 is 15.8 Å². The number of fused-ring (bicyclic) bond motifs is 1. The minimum Gasteiger partial charge on any atom is -0.452 e. The van der Waals surface area contributed by atoms with Crippen LogP contribution in [-0.4, -0.2) is 5.91 Å². The van der Waals surface area contributed by atoms with Gasteiger partial charge in [-0.3, -0.25) is 4.79 Å². The second kappa shape index (κ2) is 5.26. The first-order chi connectivity index (χ1) is 10.0. The number of carbonyl (C=O) groups is 1. The van der Waals surface area contributed by atoms with Gasteiger partial charge in [-0.15, -0.1) is 0 Å². The van der Waals surface area contributed by atoms with Gasteiger partial charge in [0.15, 0.2) is 17.3 Å². The summed E-state index contributed by atoms with van der Waals surface area (Å²) < 4.78 is 19.4. The van der Waals surface area contributed by atoms with Crippen LogP contribution in [0.4, 0.5) is 15.8 Å². The number of carbonyl (C=O) groups excluding carboxylic acids is 1. The van der Waals surface area contributed by atoms with E-state index in [9.17, 15) is 9.18 Å². The summed E-state index contributed by atoms with van der Waals surface area (Å²) in [6.45, 7) is 0. The number of hydrogen-bond acceptors (Lipinski definition) is 3. The Morgan fingerprint density at radius 3 is 2.86 bits per heavy atom. The molecule has 21 heavy (non-hydrogen) atoms. The van der Waals surface area contributed by atoms with E-state index in [0.29, 0.717) is 30.0 Å². The van der Waals surface area contributed by atoms with Crippen LogP contribution in [0.5, 0.6) is 11.5 Å². The quantitative estimate of drug-likeness (QED) is 0.831. The molecule has 0 aromatic heterocycles. The lowest BCUT2D eigenvalue weighted by molar-refractivity contribution is -0.116.